The number of primary amides is 2. The van der Waals surface area contributed by atoms with Gasteiger partial charge in [0.25, 0.3) is 0 Å². The monoisotopic (exact) mass is 307 g/mol. The number of fused-ring (bicyclic) bond motifs is 1. The lowest BCUT2D eigenvalue weighted by Gasteiger charge is -2.44. The fraction of sp³-hybridized carbons (Fsp3) is 0.727. The molecule has 1 saturated heterocycles. The first-order valence-electron chi connectivity index (χ1n) is 6.32. The number of rotatable bonds is 2. The van der Waals surface area contributed by atoms with Crippen LogP contribution in [0.2, 0.25) is 0 Å². The van der Waals surface area contributed by atoms with Crippen LogP contribution >= 0.6 is 0 Å². The highest BCUT2D eigenvalue weighted by molar-refractivity contribution is 5.90. The Bertz CT molecular complexity index is 495. The highest BCUT2D eigenvalue weighted by Gasteiger charge is 2.62. The van der Waals surface area contributed by atoms with Crippen LogP contribution < -0.4 is 11.5 Å². The lowest BCUT2D eigenvalue weighted by Crippen LogP contribution is -2.67. The number of hydrogen-bond acceptors (Lipinski definition) is 4. The van der Waals surface area contributed by atoms with Gasteiger partial charge >= 0.3 is 12.2 Å². The van der Waals surface area contributed by atoms with Crippen LogP contribution in [0.3, 0.4) is 0 Å². The molecule has 118 valence electrons. The fourth-order valence-electron chi connectivity index (χ4n) is 2.87. The molecule has 2 heterocycles. The van der Waals surface area contributed by atoms with E-state index in [0.717, 1.165) is 6.92 Å². The molecule has 4 N–H and O–H groups in total. The summed E-state index contributed by atoms with van der Waals surface area (Å²) in [6.07, 6.45) is -3.44. The number of carbonyl (C=O) groups excluding carboxylic acids is 2. The van der Waals surface area contributed by atoms with Gasteiger partial charge in [0.1, 0.15) is 0 Å². The zero-order chi connectivity index (χ0) is 16.0. The molecule has 0 radical (unpaired) electrons. The summed E-state index contributed by atoms with van der Waals surface area (Å²) >= 11 is 0. The van der Waals surface area contributed by atoms with Gasteiger partial charge in [0.2, 0.25) is 5.91 Å². The molecule has 0 aromatic rings. The van der Waals surface area contributed by atoms with Crippen LogP contribution in [0.15, 0.2) is 4.99 Å². The second-order valence-corrected chi connectivity index (χ2v) is 5.24. The Morgan fingerprint density at radius 3 is 2.48 bits per heavy atom. The van der Waals surface area contributed by atoms with Crippen molar-refractivity contribution in [2.45, 2.75) is 24.7 Å². The van der Waals surface area contributed by atoms with Crippen LogP contribution in [0.4, 0.5) is 18.0 Å². The fourth-order valence-corrected chi connectivity index (χ4v) is 2.87. The molecule has 2 aliphatic heterocycles. The van der Waals surface area contributed by atoms with Gasteiger partial charge in [-0.05, 0) is 0 Å². The molecule has 0 aromatic carbocycles. The molecule has 0 spiro atoms. The molecular formula is C11H16F3N5O2. The van der Waals surface area contributed by atoms with Gasteiger partial charge in [-0.2, -0.15) is 13.2 Å². The predicted octanol–water partition coefficient (Wildman–Crippen LogP) is -0.484. The number of alkyl halides is 3. The summed E-state index contributed by atoms with van der Waals surface area (Å²) in [6, 6.07) is -1.72. The Balaban J connectivity index is 2.40. The molecule has 10 heteroatoms. The summed E-state index contributed by atoms with van der Waals surface area (Å²) in [5.74, 6) is -3.23. The highest BCUT2D eigenvalue weighted by atomic mass is 19.4. The van der Waals surface area contributed by atoms with Crippen LogP contribution in [0.1, 0.15) is 6.92 Å². The summed E-state index contributed by atoms with van der Waals surface area (Å²) in [4.78, 5) is 29.5. The second-order valence-electron chi connectivity index (χ2n) is 5.24. The zero-order valence-electron chi connectivity index (χ0n) is 11.3. The number of carbonyl (C=O) groups is 2. The summed E-state index contributed by atoms with van der Waals surface area (Å²) in [7, 11) is 0. The molecule has 7 nitrogen and oxygen atoms in total. The lowest BCUT2D eigenvalue weighted by molar-refractivity contribution is -0.193. The first-order chi connectivity index (χ1) is 9.60. The minimum atomic E-state index is -4.64. The van der Waals surface area contributed by atoms with E-state index in [1.54, 1.807) is 0 Å². The van der Waals surface area contributed by atoms with Crippen molar-refractivity contribution < 1.29 is 22.8 Å². The molecule has 0 aliphatic carbocycles. The Kier molecular flexibility index (Phi) is 3.50. The quantitative estimate of drug-likeness (QED) is 0.719. The van der Waals surface area contributed by atoms with E-state index in [2.05, 4.69) is 4.99 Å². The minimum Gasteiger partial charge on any atom is -0.367 e. The van der Waals surface area contributed by atoms with Crippen molar-refractivity contribution in [3.63, 3.8) is 0 Å². The van der Waals surface area contributed by atoms with Crippen LogP contribution in [-0.2, 0) is 4.79 Å². The number of urea groups is 1. The number of halogens is 3. The van der Waals surface area contributed by atoms with Gasteiger partial charge in [-0.3, -0.25) is 9.79 Å². The number of amides is 3. The number of nitrogens with zero attached hydrogens (tertiary/aromatic N) is 3. The average molecular weight is 307 g/mol. The highest BCUT2D eigenvalue weighted by Crippen LogP contribution is 2.43. The van der Waals surface area contributed by atoms with E-state index in [4.69, 9.17) is 11.5 Å². The van der Waals surface area contributed by atoms with E-state index in [0.29, 0.717) is 0 Å². The summed E-state index contributed by atoms with van der Waals surface area (Å²) in [5, 5.41) is 0. The largest absolute Gasteiger partial charge is 0.394 e. The van der Waals surface area contributed by atoms with E-state index in [-0.39, 0.29) is 19.6 Å². The van der Waals surface area contributed by atoms with Crippen molar-refractivity contribution in [2.24, 2.45) is 22.4 Å². The summed E-state index contributed by atoms with van der Waals surface area (Å²) < 4.78 is 39.3. The van der Waals surface area contributed by atoms with Crippen LogP contribution in [-0.4, -0.2) is 65.5 Å². The molecule has 2 aliphatic rings. The first-order valence-corrected chi connectivity index (χ1v) is 6.32. The number of hydrogen-bond donors (Lipinski definition) is 2. The predicted molar refractivity (Wildman–Crippen MR) is 67.3 cm³/mol. The van der Waals surface area contributed by atoms with Gasteiger partial charge in [0, 0.05) is 19.6 Å². The van der Waals surface area contributed by atoms with Gasteiger partial charge in [0.15, 0.2) is 5.54 Å². The van der Waals surface area contributed by atoms with E-state index in [1.165, 1.54) is 16.1 Å². The number of piperazine rings is 1. The average Bonchev–Trinajstić information content (AvgIpc) is 2.76. The summed E-state index contributed by atoms with van der Waals surface area (Å²) in [6.45, 7) is 1.25. The van der Waals surface area contributed by atoms with Crippen molar-refractivity contribution in [2.75, 3.05) is 19.6 Å². The maximum absolute atomic E-state index is 13.1. The normalized spacial score (nSPS) is 30.2. The van der Waals surface area contributed by atoms with Crippen LogP contribution in [0.25, 0.3) is 0 Å². The lowest BCUT2D eigenvalue weighted by atomic mass is 9.77. The molecule has 0 bridgehead atoms. The third kappa shape index (κ3) is 2.28. The SMILES string of the molecule is C[C@@H](C(F)(F)F)C1(C(N)=O)N=CN2CCN(C(N)=O)CC21. The molecule has 0 aromatic heterocycles. The minimum absolute atomic E-state index is 0.126. The van der Waals surface area contributed by atoms with Gasteiger partial charge in [-0.25, -0.2) is 4.79 Å². The maximum Gasteiger partial charge on any atom is 0.394 e. The molecule has 3 amide bonds. The third-order valence-corrected chi connectivity index (χ3v) is 4.21. The Hall–Kier alpha value is -2.00. The van der Waals surface area contributed by atoms with E-state index in [1.807, 2.05) is 0 Å². The van der Waals surface area contributed by atoms with Crippen molar-refractivity contribution >= 4 is 18.3 Å². The van der Waals surface area contributed by atoms with E-state index < -0.39 is 35.6 Å². The van der Waals surface area contributed by atoms with Crippen molar-refractivity contribution in [3.05, 3.63) is 0 Å². The summed E-state index contributed by atoms with van der Waals surface area (Å²) in [5.41, 5.74) is 8.26. The molecule has 1 fully saturated rings. The van der Waals surface area contributed by atoms with E-state index in [9.17, 15) is 22.8 Å². The van der Waals surface area contributed by atoms with Crippen molar-refractivity contribution in [3.8, 4) is 0 Å². The van der Waals surface area contributed by atoms with Gasteiger partial charge in [-0.1, -0.05) is 6.92 Å². The molecule has 3 atom stereocenters. The van der Waals surface area contributed by atoms with Crippen LogP contribution in [0.5, 0.6) is 0 Å². The van der Waals surface area contributed by atoms with Crippen LogP contribution in [0, 0.1) is 5.92 Å². The third-order valence-electron chi connectivity index (χ3n) is 4.21. The first kappa shape index (κ1) is 15.4. The van der Waals surface area contributed by atoms with Gasteiger partial charge < -0.3 is 21.3 Å². The standard InChI is InChI=1S/C11H16F3N5O2/c1-6(11(12,13)14)10(8(15)20)7-4-18(9(16)21)2-3-19(7)5-17-10/h5-7H,2-4H2,1H3,(H2,15,20)(H2,16,21)/t6-,7?,10?/m1/s1. The Morgan fingerprint density at radius 1 is 1.38 bits per heavy atom. The maximum atomic E-state index is 13.1. The number of aliphatic imine (C=N–C) groups is 1. The van der Waals surface area contributed by atoms with Crippen molar-refractivity contribution in [1.82, 2.24) is 9.80 Å². The topological polar surface area (TPSA) is 105 Å². The smallest absolute Gasteiger partial charge is 0.367 e. The van der Waals surface area contributed by atoms with Gasteiger partial charge in [-0.15, -0.1) is 0 Å². The molecule has 2 unspecified atom stereocenters. The van der Waals surface area contributed by atoms with Gasteiger partial charge in [0.05, 0.1) is 18.3 Å². The molecule has 2 rings (SSSR count). The molecule has 0 saturated carbocycles. The molecular weight excluding hydrogens is 291 g/mol. The number of nitrogens with two attached hydrogens (primary N) is 2. The second kappa shape index (κ2) is 4.78. The Labute approximate surface area is 118 Å². The molecule has 21 heavy (non-hydrogen) atoms. The zero-order valence-corrected chi connectivity index (χ0v) is 11.3. The van der Waals surface area contributed by atoms with Crippen molar-refractivity contribution in [1.29, 1.82) is 0 Å². The van der Waals surface area contributed by atoms with E-state index >= 15 is 0 Å². The Morgan fingerprint density at radius 2 is 2.00 bits per heavy atom.